The maximum Gasteiger partial charge on any atom is 0.234 e. The third-order valence-corrected chi connectivity index (χ3v) is 12.8. The SMILES string of the molecule is CC1(C)C2=CC3C(C=C2c2ccccc21)c1ccc(-c2ccc4c(c2)c2ccccc2n4-c2ccccc2)cc1N3c1nc(-c2ccccc2)nc(-c2ccccc2)n1. The molecule has 2 atom stereocenters. The minimum absolute atomic E-state index is 0.0337. The van der Waals surface area contributed by atoms with E-state index in [4.69, 9.17) is 15.0 Å². The lowest BCUT2D eigenvalue weighted by molar-refractivity contribution is 0.637. The molecule has 2 unspecified atom stereocenters. The number of benzene rings is 7. The van der Waals surface area contributed by atoms with Gasteiger partial charge in [0.05, 0.1) is 17.1 Å². The molecule has 0 radical (unpaired) electrons. The molecule has 59 heavy (non-hydrogen) atoms. The first kappa shape index (κ1) is 33.7. The van der Waals surface area contributed by atoms with Crippen molar-refractivity contribution >= 4 is 39.0 Å². The highest BCUT2D eigenvalue weighted by atomic mass is 15.3. The number of allylic oxidation sites excluding steroid dienone is 2. The quantitative estimate of drug-likeness (QED) is 0.175. The van der Waals surface area contributed by atoms with Crippen LogP contribution in [0.2, 0.25) is 0 Å². The minimum atomic E-state index is -0.142. The van der Waals surface area contributed by atoms with Crippen molar-refractivity contribution in [1.29, 1.82) is 0 Å². The van der Waals surface area contributed by atoms with E-state index in [2.05, 4.69) is 175 Å². The summed E-state index contributed by atoms with van der Waals surface area (Å²) in [4.78, 5) is 18.1. The fourth-order valence-electron chi connectivity index (χ4n) is 9.96. The molecule has 0 spiro atoms. The predicted octanol–water partition coefficient (Wildman–Crippen LogP) is 12.9. The Bertz CT molecular complexity index is 3140. The van der Waals surface area contributed by atoms with Gasteiger partial charge in [-0.15, -0.1) is 0 Å². The fourth-order valence-corrected chi connectivity index (χ4v) is 9.96. The summed E-state index contributed by atoms with van der Waals surface area (Å²) in [6.45, 7) is 4.72. The zero-order valence-electron chi connectivity index (χ0n) is 32.8. The maximum atomic E-state index is 5.32. The van der Waals surface area contributed by atoms with Crippen molar-refractivity contribution in [2.45, 2.75) is 31.2 Å². The number of fused-ring (bicyclic) bond motifs is 9. The van der Waals surface area contributed by atoms with Gasteiger partial charge in [0.2, 0.25) is 5.95 Å². The molecule has 3 heterocycles. The molecule has 1 aliphatic heterocycles. The molecule has 0 N–H and O–H groups in total. The van der Waals surface area contributed by atoms with Crippen LogP contribution in [0.1, 0.15) is 36.5 Å². The molecule has 0 bridgehead atoms. The molecule has 0 amide bonds. The van der Waals surface area contributed by atoms with Gasteiger partial charge in [-0.1, -0.05) is 166 Å². The van der Waals surface area contributed by atoms with E-state index >= 15 is 0 Å². The average Bonchev–Trinajstić information content (AvgIpc) is 3.88. The van der Waals surface area contributed by atoms with Crippen LogP contribution in [-0.4, -0.2) is 25.6 Å². The van der Waals surface area contributed by atoms with E-state index in [9.17, 15) is 0 Å². The summed E-state index contributed by atoms with van der Waals surface area (Å²) in [5.41, 5.74) is 15.4. The molecular formula is C54H39N5. The van der Waals surface area contributed by atoms with Crippen LogP contribution >= 0.6 is 0 Å². The average molecular weight is 758 g/mol. The van der Waals surface area contributed by atoms with Gasteiger partial charge in [-0.3, -0.25) is 0 Å². The van der Waals surface area contributed by atoms with Crippen LogP contribution in [0.15, 0.2) is 194 Å². The van der Waals surface area contributed by atoms with E-state index in [0.29, 0.717) is 17.6 Å². The summed E-state index contributed by atoms with van der Waals surface area (Å²) in [5.74, 6) is 2.06. The van der Waals surface area contributed by atoms with E-state index in [1.54, 1.807) is 0 Å². The number of nitrogens with zero attached hydrogens (tertiary/aromatic N) is 5. The highest BCUT2D eigenvalue weighted by Gasteiger charge is 2.47. The van der Waals surface area contributed by atoms with Gasteiger partial charge in [-0.05, 0) is 75.4 Å². The Kier molecular flexibility index (Phi) is 7.33. The van der Waals surface area contributed by atoms with Crippen molar-refractivity contribution < 1.29 is 0 Å². The Balaban J connectivity index is 1.07. The van der Waals surface area contributed by atoms with E-state index in [1.807, 2.05) is 36.4 Å². The molecule has 12 rings (SSSR count). The van der Waals surface area contributed by atoms with E-state index < -0.39 is 0 Å². The van der Waals surface area contributed by atoms with Gasteiger partial charge < -0.3 is 9.47 Å². The van der Waals surface area contributed by atoms with Crippen LogP contribution in [-0.2, 0) is 5.41 Å². The topological polar surface area (TPSA) is 46.8 Å². The smallest absolute Gasteiger partial charge is 0.234 e. The van der Waals surface area contributed by atoms with Gasteiger partial charge in [0.15, 0.2) is 11.6 Å². The number of rotatable bonds is 5. The van der Waals surface area contributed by atoms with E-state index in [0.717, 1.165) is 28.1 Å². The summed E-state index contributed by atoms with van der Waals surface area (Å²) in [6, 6.07) is 62.7. The van der Waals surface area contributed by atoms with Gasteiger partial charge in [0, 0.05) is 44.6 Å². The van der Waals surface area contributed by atoms with Crippen LogP contribution in [0.4, 0.5) is 11.6 Å². The standard InChI is InChI=1S/C54H39N5/c1-54(2)45-24-14-12-22-39(45)42-32-44-41-28-26-37(36-27-29-48-43(30-36)40-23-13-15-25-47(40)58(48)38-20-10-5-11-21-38)31-49(41)59(50(44)33-46(42)54)53-56-51(34-16-6-3-7-17-34)55-52(57-53)35-18-8-4-9-19-35/h3-33,44,50H,1-2H3. The predicted molar refractivity (Wildman–Crippen MR) is 241 cm³/mol. The van der Waals surface area contributed by atoms with E-state index in [1.165, 1.54) is 55.2 Å². The first-order valence-corrected chi connectivity index (χ1v) is 20.4. The van der Waals surface area contributed by atoms with E-state index in [-0.39, 0.29) is 17.4 Å². The summed E-state index contributed by atoms with van der Waals surface area (Å²) < 4.78 is 2.37. The van der Waals surface area contributed by atoms with Gasteiger partial charge >= 0.3 is 0 Å². The summed E-state index contributed by atoms with van der Waals surface area (Å²) >= 11 is 0. The molecule has 280 valence electrons. The van der Waals surface area contributed by atoms with Crippen molar-refractivity contribution in [3.8, 4) is 39.6 Å². The Labute approximate surface area is 343 Å². The molecule has 0 saturated heterocycles. The normalized spacial score (nSPS) is 17.3. The van der Waals surface area contributed by atoms with Crippen LogP contribution in [0.3, 0.4) is 0 Å². The summed E-state index contributed by atoms with van der Waals surface area (Å²) in [5, 5.41) is 2.47. The molecule has 5 heteroatoms. The van der Waals surface area contributed by atoms with Crippen molar-refractivity contribution in [1.82, 2.24) is 19.5 Å². The van der Waals surface area contributed by atoms with Gasteiger partial charge in [0.25, 0.3) is 0 Å². The highest BCUT2D eigenvalue weighted by Crippen LogP contribution is 2.57. The summed E-state index contributed by atoms with van der Waals surface area (Å²) in [7, 11) is 0. The molecular weight excluding hydrogens is 719 g/mol. The zero-order valence-corrected chi connectivity index (χ0v) is 32.8. The molecule has 5 nitrogen and oxygen atoms in total. The second kappa shape index (κ2) is 12.8. The first-order chi connectivity index (χ1) is 29.0. The molecule has 0 fully saturated rings. The number of anilines is 2. The molecule has 9 aromatic rings. The Hall–Kier alpha value is -7.37. The van der Waals surface area contributed by atoms with Crippen molar-refractivity contribution in [3.63, 3.8) is 0 Å². The Morgan fingerprint density at radius 2 is 1.12 bits per heavy atom. The third-order valence-electron chi connectivity index (χ3n) is 12.8. The lowest BCUT2D eigenvalue weighted by Gasteiger charge is -2.32. The lowest BCUT2D eigenvalue weighted by atomic mass is 9.77. The minimum Gasteiger partial charge on any atom is -0.309 e. The largest absolute Gasteiger partial charge is 0.309 e. The van der Waals surface area contributed by atoms with Gasteiger partial charge in [-0.2, -0.15) is 9.97 Å². The lowest BCUT2D eigenvalue weighted by Crippen LogP contribution is -2.33. The van der Waals surface area contributed by atoms with Gasteiger partial charge in [-0.25, -0.2) is 4.98 Å². The number of para-hydroxylation sites is 2. The van der Waals surface area contributed by atoms with Crippen LogP contribution in [0.25, 0.3) is 67.0 Å². The number of hydrogen-bond acceptors (Lipinski definition) is 4. The van der Waals surface area contributed by atoms with Crippen LogP contribution < -0.4 is 4.90 Å². The molecule has 3 aliphatic rings. The molecule has 7 aromatic carbocycles. The molecule has 2 aliphatic carbocycles. The molecule has 0 saturated carbocycles. The Morgan fingerprint density at radius 3 is 1.86 bits per heavy atom. The monoisotopic (exact) mass is 757 g/mol. The number of aromatic nitrogens is 4. The first-order valence-electron chi connectivity index (χ1n) is 20.4. The third kappa shape index (κ3) is 5.14. The van der Waals surface area contributed by atoms with Crippen molar-refractivity contribution in [2.24, 2.45) is 0 Å². The van der Waals surface area contributed by atoms with Crippen molar-refractivity contribution in [2.75, 3.05) is 4.90 Å². The summed E-state index contributed by atoms with van der Waals surface area (Å²) in [6.07, 6.45) is 5.03. The fraction of sp³-hybridized carbons (Fsp3) is 0.0926. The number of hydrogen-bond donors (Lipinski definition) is 0. The van der Waals surface area contributed by atoms with Crippen LogP contribution in [0.5, 0.6) is 0 Å². The molecule has 2 aromatic heterocycles. The Morgan fingerprint density at radius 1 is 0.508 bits per heavy atom. The second-order valence-corrected chi connectivity index (χ2v) is 16.4. The van der Waals surface area contributed by atoms with Gasteiger partial charge in [0.1, 0.15) is 0 Å². The van der Waals surface area contributed by atoms with Crippen LogP contribution in [0, 0.1) is 0 Å². The maximum absolute atomic E-state index is 5.32. The second-order valence-electron chi connectivity index (χ2n) is 16.4. The zero-order chi connectivity index (χ0) is 39.2. The highest BCUT2D eigenvalue weighted by molar-refractivity contribution is 6.10. The van der Waals surface area contributed by atoms with Crippen molar-refractivity contribution in [3.05, 3.63) is 210 Å².